The molecular weight excluding hydrogens is 452 g/mol. The average Bonchev–Trinajstić information content (AvgIpc) is 2.73. The highest BCUT2D eigenvalue weighted by Gasteiger charge is 2.26. The van der Waals surface area contributed by atoms with E-state index in [2.05, 4.69) is 5.32 Å². The SMILES string of the molecule is NC(=O)c1c(N)c(-c2ccccc2)cc(C=CC(=O)Nc2ccc(Cl)cc2)c1S(N)(=O)=O. The van der Waals surface area contributed by atoms with Crippen molar-refractivity contribution in [3.8, 4) is 11.1 Å². The predicted octanol–water partition coefficient (Wildman–Crippen LogP) is 2.99. The van der Waals surface area contributed by atoms with Crippen LogP contribution in [-0.2, 0) is 14.8 Å². The van der Waals surface area contributed by atoms with E-state index in [9.17, 15) is 18.0 Å². The molecule has 8 nitrogen and oxygen atoms in total. The van der Waals surface area contributed by atoms with Crippen LogP contribution in [0, 0.1) is 0 Å². The number of primary amides is 1. The molecule has 0 fully saturated rings. The fourth-order valence-electron chi connectivity index (χ4n) is 3.11. The number of halogens is 1. The number of nitrogen functional groups attached to an aromatic ring is 1. The van der Waals surface area contributed by atoms with Crippen molar-refractivity contribution in [2.24, 2.45) is 10.9 Å². The second-order valence-corrected chi connectivity index (χ2v) is 8.67. The van der Waals surface area contributed by atoms with E-state index >= 15 is 0 Å². The van der Waals surface area contributed by atoms with E-state index in [0.717, 1.165) is 6.08 Å². The Bertz CT molecular complexity index is 1320. The number of carbonyl (C=O) groups excluding carboxylic acids is 2. The molecule has 3 rings (SSSR count). The fraction of sp³-hybridized carbons (Fsp3) is 0. The molecule has 0 unspecified atom stereocenters. The van der Waals surface area contributed by atoms with E-state index < -0.39 is 32.3 Å². The number of nitrogens with two attached hydrogens (primary N) is 3. The molecule has 0 saturated carbocycles. The summed E-state index contributed by atoms with van der Waals surface area (Å²) in [4.78, 5) is 23.9. The summed E-state index contributed by atoms with van der Waals surface area (Å²) in [5, 5.41) is 8.48. The Hall–Kier alpha value is -3.66. The Balaban J connectivity index is 2.13. The van der Waals surface area contributed by atoms with Gasteiger partial charge in [-0.25, -0.2) is 13.6 Å². The normalized spacial score (nSPS) is 11.4. The van der Waals surface area contributed by atoms with Crippen LogP contribution in [0.4, 0.5) is 11.4 Å². The standard InChI is InChI=1S/C22H19ClN4O4S/c23-15-7-9-16(10-8-15)27-18(28)11-6-14-12-17(13-4-2-1-3-5-13)20(24)19(22(25)29)21(14)32(26,30)31/h1-12H,24H2,(H2,25,29)(H,27,28)(H2,26,30,31). The molecule has 0 atom stereocenters. The molecule has 0 aliphatic heterocycles. The zero-order chi connectivity index (χ0) is 23.5. The highest BCUT2D eigenvalue weighted by atomic mass is 35.5. The van der Waals surface area contributed by atoms with Gasteiger partial charge in [0.25, 0.3) is 5.91 Å². The highest BCUT2D eigenvalue weighted by molar-refractivity contribution is 7.89. The number of benzene rings is 3. The van der Waals surface area contributed by atoms with Crippen molar-refractivity contribution < 1.29 is 18.0 Å². The molecule has 0 bridgehead atoms. The van der Waals surface area contributed by atoms with Gasteiger partial charge in [0, 0.05) is 22.3 Å². The third-order valence-corrected chi connectivity index (χ3v) is 5.75. The number of carbonyl (C=O) groups is 2. The lowest BCUT2D eigenvalue weighted by Gasteiger charge is -2.16. The molecule has 164 valence electrons. The first-order valence-corrected chi connectivity index (χ1v) is 11.1. The Kier molecular flexibility index (Phi) is 6.64. The Labute approximate surface area is 189 Å². The van der Waals surface area contributed by atoms with Crippen molar-refractivity contribution in [3.63, 3.8) is 0 Å². The molecule has 0 aromatic heterocycles. The van der Waals surface area contributed by atoms with E-state index in [-0.39, 0.29) is 11.3 Å². The van der Waals surface area contributed by atoms with Crippen molar-refractivity contribution in [3.05, 3.63) is 82.9 Å². The molecule has 3 aromatic carbocycles. The van der Waals surface area contributed by atoms with Crippen LogP contribution in [0.2, 0.25) is 5.02 Å². The van der Waals surface area contributed by atoms with Gasteiger partial charge in [0.15, 0.2) is 0 Å². The Morgan fingerprint density at radius 1 is 1.00 bits per heavy atom. The Morgan fingerprint density at radius 2 is 1.62 bits per heavy atom. The van der Waals surface area contributed by atoms with Crippen LogP contribution >= 0.6 is 11.6 Å². The summed E-state index contributed by atoms with van der Waals surface area (Å²) < 4.78 is 24.6. The summed E-state index contributed by atoms with van der Waals surface area (Å²) in [6.07, 6.45) is 2.33. The van der Waals surface area contributed by atoms with Crippen molar-refractivity contribution in [2.75, 3.05) is 11.1 Å². The number of rotatable bonds is 6. The maximum atomic E-state index is 12.3. The van der Waals surface area contributed by atoms with Crippen molar-refractivity contribution >= 4 is 50.9 Å². The molecule has 3 aromatic rings. The van der Waals surface area contributed by atoms with E-state index in [1.54, 1.807) is 54.6 Å². The molecular formula is C22H19ClN4O4S. The van der Waals surface area contributed by atoms with Gasteiger partial charge < -0.3 is 16.8 Å². The van der Waals surface area contributed by atoms with Crippen molar-refractivity contribution in [1.29, 1.82) is 0 Å². The van der Waals surface area contributed by atoms with Crippen LogP contribution in [0.3, 0.4) is 0 Å². The van der Waals surface area contributed by atoms with Gasteiger partial charge in [-0.05, 0) is 47.5 Å². The maximum absolute atomic E-state index is 12.3. The fourth-order valence-corrected chi connectivity index (χ4v) is 4.19. The highest BCUT2D eigenvalue weighted by Crippen LogP contribution is 2.35. The molecule has 0 aliphatic carbocycles. The minimum Gasteiger partial charge on any atom is -0.398 e. The number of anilines is 2. The van der Waals surface area contributed by atoms with Crippen molar-refractivity contribution in [1.82, 2.24) is 0 Å². The predicted molar refractivity (Wildman–Crippen MR) is 125 cm³/mol. The van der Waals surface area contributed by atoms with Crippen molar-refractivity contribution in [2.45, 2.75) is 4.90 Å². The molecule has 10 heteroatoms. The van der Waals surface area contributed by atoms with Gasteiger partial charge in [-0.3, -0.25) is 9.59 Å². The topological polar surface area (TPSA) is 158 Å². The second-order valence-electron chi connectivity index (χ2n) is 6.74. The number of hydrogen-bond acceptors (Lipinski definition) is 5. The third-order valence-electron chi connectivity index (χ3n) is 4.49. The monoisotopic (exact) mass is 470 g/mol. The van der Waals surface area contributed by atoms with Crippen LogP contribution in [0.5, 0.6) is 0 Å². The molecule has 0 saturated heterocycles. The number of amides is 2. The molecule has 0 heterocycles. The molecule has 7 N–H and O–H groups in total. The van der Waals surface area contributed by atoms with Gasteiger partial charge >= 0.3 is 0 Å². The van der Waals surface area contributed by atoms with Gasteiger partial charge in [-0.2, -0.15) is 0 Å². The Morgan fingerprint density at radius 3 is 2.19 bits per heavy atom. The van der Waals surface area contributed by atoms with E-state index in [1.807, 2.05) is 0 Å². The van der Waals surface area contributed by atoms with Crippen LogP contribution in [0.15, 0.2) is 71.6 Å². The molecule has 0 spiro atoms. The first-order valence-electron chi connectivity index (χ1n) is 9.17. The van der Waals surface area contributed by atoms with E-state index in [4.69, 9.17) is 28.2 Å². The average molecular weight is 471 g/mol. The second kappa shape index (κ2) is 9.23. The third kappa shape index (κ3) is 5.14. The van der Waals surface area contributed by atoms with Crippen LogP contribution < -0.4 is 21.9 Å². The van der Waals surface area contributed by atoms with Gasteiger partial charge in [0.1, 0.15) is 4.90 Å². The van der Waals surface area contributed by atoms with Gasteiger partial charge in [-0.15, -0.1) is 0 Å². The summed E-state index contributed by atoms with van der Waals surface area (Å²) in [7, 11) is -4.42. The molecule has 32 heavy (non-hydrogen) atoms. The minimum atomic E-state index is -4.42. The number of sulfonamides is 1. The number of primary sulfonamides is 1. The van der Waals surface area contributed by atoms with E-state index in [1.165, 1.54) is 12.1 Å². The van der Waals surface area contributed by atoms with E-state index in [0.29, 0.717) is 21.8 Å². The number of nitrogens with one attached hydrogen (secondary N) is 1. The summed E-state index contributed by atoms with van der Waals surface area (Å²) in [6, 6.07) is 16.6. The van der Waals surface area contributed by atoms with Gasteiger partial charge in [0.2, 0.25) is 15.9 Å². The summed E-state index contributed by atoms with van der Waals surface area (Å²) >= 11 is 5.82. The lowest BCUT2D eigenvalue weighted by Crippen LogP contribution is -2.24. The maximum Gasteiger partial charge on any atom is 0.252 e. The summed E-state index contributed by atoms with van der Waals surface area (Å²) in [5.41, 5.74) is 12.4. The molecule has 2 amide bonds. The molecule has 0 radical (unpaired) electrons. The summed E-state index contributed by atoms with van der Waals surface area (Å²) in [6.45, 7) is 0. The minimum absolute atomic E-state index is 0.0133. The zero-order valence-electron chi connectivity index (χ0n) is 16.6. The number of hydrogen-bond donors (Lipinski definition) is 4. The zero-order valence-corrected chi connectivity index (χ0v) is 18.2. The quantitative estimate of drug-likeness (QED) is 0.321. The van der Waals surface area contributed by atoms with Crippen LogP contribution in [-0.4, -0.2) is 20.2 Å². The first-order chi connectivity index (χ1) is 15.1. The van der Waals surface area contributed by atoms with Gasteiger partial charge in [-0.1, -0.05) is 41.9 Å². The lowest BCUT2D eigenvalue weighted by molar-refractivity contribution is -0.111. The van der Waals surface area contributed by atoms with Crippen LogP contribution in [0.1, 0.15) is 15.9 Å². The van der Waals surface area contributed by atoms with Crippen LogP contribution in [0.25, 0.3) is 17.2 Å². The summed E-state index contributed by atoms with van der Waals surface area (Å²) in [5.74, 6) is -1.61. The van der Waals surface area contributed by atoms with Gasteiger partial charge in [0.05, 0.1) is 11.3 Å². The molecule has 0 aliphatic rings. The largest absolute Gasteiger partial charge is 0.398 e. The lowest BCUT2D eigenvalue weighted by atomic mass is 9.96. The first kappa shape index (κ1) is 23.0. The smallest absolute Gasteiger partial charge is 0.252 e.